The highest BCUT2D eigenvalue weighted by Gasteiger charge is 2.43. The molecule has 1 aliphatic carbocycles. The molecule has 3 nitrogen and oxygen atoms in total. The zero-order valence-corrected chi connectivity index (χ0v) is 13.4. The summed E-state index contributed by atoms with van der Waals surface area (Å²) in [7, 11) is 0. The SMILES string of the molecule is CC1CC(C(C)(F)F)CC1NC(=S)NC(=O)c1ccccc1. The van der Waals surface area contributed by atoms with Crippen LogP contribution in [0.5, 0.6) is 0 Å². The third kappa shape index (κ3) is 4.22. The number of halogens is 2. The van der Waals surface area contributed by atoms with E-state index in [2.05, 4.69) is 10.6 Å². The average Bonchev–Trinajstić information content (AvgIpc) is 2.81. The Hall–Kier alpha value is -1.56. The smallest absolute Gasteiger partial charge is 0.257 e. The van der Waals surface area contributed by atoms with Crippen molar-refractivity contribution in [3.8, 4) is 0 Å². The fourth-order valence-corrected chi connectivity index (χ4v) is 3.08. The van der Waals surface area contributed by atoms with Crippen LogP contribution in [0.15, 0.2) is 30.3 Å². The summed E-state index contributed by atoms with van der Waals surface area (Å²) in [4.78, 5) is 12.0. The number of rotatable bonds is 3. The van der Waals surface area contributed by atoms with Crippen molar-refractivity contribution in [2.75, 3.05) is 0 Å². The maximum absolute atomic E-state index is 13.4. The van der Waals surface area contributed by atoms with Crippen LogP contribution in [0.25, 0.3) is 0 Å². The summed E-state index contributed by atoms with van der Waals surface area (Å²) in [6.07, 6.45) is 0.808. The molecule has 1 aliphatic rings. The molecule has 2 rings (SSSR count). The van der Waals surface area contributed by atoms with Gasteiger partial charge in [0.2, 0.25) is 5.92 Å². The molecule has 22 heavy (non-hydrogen) atoms. The van der Waals surface area contributed by atoms with Crippen molar-refractivity contribution in [3.63, 3.8) is 0 Å². The molecule has 3 atom stereocenters. The normalized spacial score (nSPS) is 24.8. The van der Waals surface area contributed by atoms with Gasteiger partial charge in [-0.15, -0.1) is 0 Å². The predicted octanol–water partition coefficient (Wildman–Crippen LogP) is 3.36. The third-order valence-corrected chi connectivity index (χ3v) is 4.40. The van der Waals surface area contributed by atoms with Crippen molar-refractivity contribution >= 4 is 23.2 Å². The number of hydrogen-bond donors (Lipinski definition) is 2. The Bertz CT molecular complexity index is 545. The first kappa shape index (κ1) is 16.8. The second kappa shape index (κ2) is 6.69. The van der Waals surface area contributed by atoms with Gasteiger partial charge < -0.3 is 5.32 Å². The number of hydrogen-bond acceptors (Lipinski definition) is 2. The molecule has 0 saturated heterocycles. The number of carbonyl (C=O) groups is 1. The molecule has 1 amide bonds. The Labute approximate surface area is 134 Å². The van der Waals surface area contributed by atoms with E-state index in [0.717, 1.165) is 6.92 Å². The lowest BCUT2D eigenvalue weighted by Gasteiger charge is -2.20. The highest BCUT2D eigenvalue weighted by atomic mass is 32.1. The largest absolute Gasteiger partial charge is 0.359 e. The molecule has 0 spiro atoms. The van der Waals surface area contributed by atoms with Gasteiger partial charge in [0.1, 0.15) is 0 Å². The van der Waals surface area contributed by atoms with Gasteiger partial charge in [-0.05, 0) is 50.0 Å². The van der Waals surface area contributed by atoms with Crippen LogP contribution in [0.3, 0.4) is 0 Å². The topological polar surface area (TPSA) is 41.1 Å². The molecule has 1 aromatic carbocycles. The molecule has 2 N–H and O–H groups in total. The van der Waals surface area contributed by atoms with Crippen molar-refractivity contribution in [2.45, 2.75) is 38.7 Å². The van der Waals surface area contributed by atoms with E-state index in [1.54, 1.807) is 24.3 Å². The lowest BCUT2D eigenvalue weighted by Crippen LogP contribution is -2.45. The first-order valence-corrected chi connectivity index (χ1v) is 7.73. The van der Waals surface area contributed by atoms with E-state index >= 15 is 0 Å². The zero-order chi connectivity index (χ0) is 16.3. The first-order valence-electron chi connectivity index (χ1n) is 7.32. The number of thiocarbonyl (C=S) groups is 1. The molecule has 1 aromatic rings. The van der Waals surface area contributed by atoms with Gasteiger partial charge in [-0.1, -0.05) is 25.1 Å². The Balaban J connectivity index is 1.89. The molecule has 120 valence electrons. The Morgan fingerprint density at radius 2 is 1.91 bits per heavy atom. The van der Waals surface area contributed by atoms with E-state index in [-0.39, 0.29) is 23.0 Å². The molecule has 0 bridgehead atoms. The van der Waals surface area contributed by atoms with Crippen LogP contribution in [-0.2, 0) is 0 Å². The summed E-state index contributed by atoms with van der Waals surface area (Å²) < 4.78 is 26.8. The fraction of sp³-hybridized carbons (Fsp3) is 0.500. The van der Waals surface area contributed by atoms with Crippen LogP contribution in [0.1, 0.15) is 37.0 Å². The van der Waals surface area contributed by atoms with Gasteiger partial charge in [-0.25, -0.2) is 8.78 Å². The van der Waals surface area contributed by atoms with Gasteiger partial charge >= 0.3 is 0 Å². The second-order valence-electron chi connectivity index (χ2n) is 6.00. The van der Waals surface area contributed by atoms with Crippen LogP contribution in [0.4, 0.5) is 8.78 Å². The van der Waals surface area contributed by atoms with E-state index in [1.165, 1.54) is 0 Å². The third-order valence-electron chi connectivity index (χ3n) is 4.18. The lowest BCUT2D eigenvalue weighted by atomic mass is 10.0. The minimum atomic E-state index is -2.68. The minimum absolute atomic E-state index is 0.0856. The van der Waals surface area contributed by atoms with Crippen LogP contribution >= 0.6 is 12.2 Å². The summed E-state index contributed by atoms with van der Waals surface area (Å²) in [6, 6.07) is 8.57. The highest BCUT2D eigenvalue weighted by Crippen LogP contribution is 2.40. The van der Waals surface area contributed by atoms with Gasteiger partial charge in [-0.2, -0.15) is 0 Å². The van der Waals surface area contributed by atoms with Crippen molar-refractivity contribution in [1.82, 2.24) is 10.6 Å². The summed E-state index contributed by atoms with van der Waals surface area (Å²) in [5.41, 5.74) is 0.504. The van der Waals surface area contributed by atoms with Crippen LogP contribution in [0.2, 0.25) is 0 Å². The number of benzene rings is 1. The molecule has 0 heterocycles. The molecule has 0 aliphatic heterocycles. The van der Waals surface area contributed by atoms with E-state index in [4.69, 9.17) is 12.2 Å². The molecule has 3 unspecified atom stereocenters. The highest BCUT2D eigenvalue weighted by molar-refractivity contribution is 7.80. The van der Waals surface area contributed by atoms with Gasteiger partial charge in [0.25, 0.3) is 5.91 Å². The number of alkyl halides is 2. The minimum Gasteiger partial charge on any atom is -0.359 e. The Kier molecular flexibility index (Phi) is 5.11. The van der Waals surface area contributed by atoms with Crippen molar-refractivity contribution in [2.24, 2.45) is 11.8 Å². The van der Waals surface area contributed by atoms with Crippen LogP contribution in [-0.4, -0.2) is 23.0 Å². The summed E-state index contributed by atoms with van der Waals surface area (Å²) in [5, 5.41) is 5.77. The Morgan fingerprint density at radius 1 is 1.27 bits per heavy atom. The van der Waals surface area contributed by atoms with Gasteiger partial charge in [-0.3, -0.25) is 10.1 Å². The van der Waals surface area contributed by atoms with Gasteiger partial charge in [0.05, 0.1) is 0 Å². The summed E-state index contributed by atoms with van der Waals surface area (Å²) in [5.74, 6) is -3.55. The van der Waals surface area contributed by atoms with E-state index in [9.17, 15) is 13.6 Å². The molecular formula is C16H20F2N2OS. The molecule has 6 heteroatoms. The van der Waals surface area contributed by atoms with Crippen molar-refractivity contribution in [1.29, 1.82) is 0 Å². The molecule has 1 fully saturated rings. The van der Waals surface area contributed by atoms with Gasteiger partial charge in [0, 0.05) is 17.5 Å². The molecule has 0 radical (unpaired) electrons. The van der Waals surface area contributed by atoms with Gasteiger partial charge in [0.15, 0.2) is 5.11 Å². The monoisotopic (exact) mass is 326 g/mol. The van der Waals surface area contributed by atoms with Crippen molar-refractivity contribution in [3.05, 3.63) is 35.9 Å². The maximum Gasteiger partial charge on any atom is 0.257 e. The van der Waals surface area contributed by atoms with Crippen LogP contribution in [0, 0.1) is 11.8 Å². The fourth-order valence-electron chi connectivity index (χ4n) is 2.83. The summed E-state index contributed by atoms with van der Waals surface area (Å²) >= 11 is 5.12. The standard InChI is InChI=1S/C16H20F2N2OS/c1-10-8-12(16(2,17)18)9-13(10)19-15(22)20-14(21)11-6-4-3-5-7-11/h3-7,10,12-13H,8-9H2,1-2H3,(H2,19,20,21,22). The van der Waals surface area contributed by atoms with Crippen molar-refractivity contribution < 1.29 is 13.6 Å². The maximum atomic E-state index is 13.4. The van der Waals surface area contributed by atoms with E-state index < -0.39 is 11.8 Å². The number of carbonyl (C=O) groups excluding carboxylic acids is 1. The molecular weight excluding hydrogens is 306 g/mol. The summed E-state index contributed by atoms with van der Waals surface area (Å²) in [6.45, 7) is 2.88. The quantitative estimate of drug-likeness (QED) is 0.837. The molecule has 0 aromatic heterocycles. The Morgan fingerprint density at radius 3 is 2.45 bits per heavy atom. The number of nitrogens with one attached hydrogen (secondary N) is 2. The van der Waals surface area contributed by atoms with E-state index in [0.29, 0.717) is 18.4 Å². The first-order chi connectivity index (χ1) is 10.3. The average molecular weight is 326 g/mol. The predicted molar refractivity (Wildman–Crippen MR) is 85.9 cm³/mol. The van der Waals surface area contributed by atoms with Crippen LogP contribution < -0.4 is 10.6 Å². The number of amides is 1. The molecule has 1 saturated carbocycles. The lowest BCUT2D eigenvalue weighted by molar-refractivity contribution is -0.0383. The second-order valence-corrected chi connectivity index (χ2v) is 6.41. The van der Waals surface area contributed by atoms with E-state index in [1.807, 2.05) is 13.0 Å². The zero-order valence-electron chi connectivity index (χ0n) is 12.6.